The summed E-state index contributed by atoms with van der Waals surface area (Å²) >= 11 is 0. The van der Waals surface area contributed by atoms with Gasteiger partial charge in [-0.25, -0.2) is 4.98 Å². The van der Waals surface area contributed by atoms with Crippen LogP contribution in [0.25, 0.3) is 5.69 Å². The van der Waals surface area contributed by atoms with E-state index in [2.05, 4.69) is 10.3 Å². The second-order valence-electron chi connectivity index (χ2n) is 6.43. The lowest BCUT2D eigenvalue weighted by Crippen LogP contribution is -2.25. The highest BCUT2D eigenvalue weighted by atomic mass is 16.5. The summed E-state index contributed by atoms with van der Waals surface area (Å²) in [6, 6.07) is 13.2. The third-order valence-electron chi connectivity index (χ3n) is 4.93. The summed E-state index contributed by atoms with van der Waals surface area (Å²) in [5, 5.41) is 2.96. The minimum atomic E-state index is -0.189. The molecule has 1 aliphatic heterocycles. The minimum absolute atomic E-state index is 0.0716. The van der Waals surface area contributed by atoms with E-state index in [1.807, 2.05) is 41.0 Å². The monoisotopic (exact) mass is 379 g/mol. The number of rotatable bonds is 5. The second-order valence-corrected chi connectivity index (χ2v) is 6.43. The van der Waals surface area contributed by atoms with Crippen LogP contribution in [-0.4, -0.2) is 36.8 Å². The molecule has 7 nitrogen and oxygen atoms in total. The number of hydrogen-bond acceptors (Lipinski definition) is 5. The molecule has 1 amide bonds. The molecule has 0 unspecified atom stereocenters. The normalized spacial score (nSPS) is 15.5. The number of imidazole rings is 1. The molecule has 7 heteroatoms. The van der Waals surface area contributed by atoms with Gasteiger partial charge in [0.05, 0.1) is 32.7 Å². The topological polar surface area (TPSA) is 74.6 Å². The largest absolute Gasteiger partial charge is 0.497 e. The van der Waals surface area contributed by atoms with Crippen molar-refractivity contribution in [3.8, 4) is 22.9 Å². The summed E-state index contributed by atoms with van der Waals surface area (Å²) in [5.74, 6) is 2.42. The Morgan fingerprint density at radius 1 is 1.04 bits per heavy atom. The number of amides is 1. The number of carbonyl (C=O) groups is 1. The summed E-state index contributed by atoms with van der Waals surface area (Å²) in [4.78, 5) is 17.1. The van der Waals surface area contributed by atoms with E-state index in [-0.39, 0.29) is 11.8 Å². The molecule has 1 atom stereocenters. The van der Waals surface area contributed by atoms with E-state index in [4.69, 9.17) is 14.2 Å². The average Bonchev–Trinajstić information content (AvgIpc) is 3.16. The number of nitrogens with zero attached hydrogens (tertiary/aromatic N) is 2. The van der Waals surface area contributed by atoms with Crippen molar-refractivity contribution in [3.63, 3.8) is 0 Å². The summed E-state index contributed by atoms with van der Waals surface area (Å²) < 4.78 is 18.1. The molecular formula is C21H21N3O4. The van der Waals surface area contributed by atoms with Gasteiger partial charge in [0.15, 0.2) is 0 Å². The van der Waals surface area contributed by atoms with Gasteiger partial charge in [-0.15, -0.1) is 0 Å². The van der Waals surface area contributed by atoms with Crippen molar-refractivity contribution in [3.05, 3.63) is 60.0 Å². The van der Waals surface area contributed by atoms with Crippen LogP contribution in [0.3, 0.4) is 0 Å². The van der Waals surface area contributed by atoms with Crippen molar-refractivity contribution in [1.29, 1.82) is 0 Å². The zero-order chi connectivity index (χ0) is 19.7. The SMILES string of the molecule is COc1ccc(-n2cnc3c2NC(=O)C[C@@H]3c2ccccc2OC)c(OC)c1. The summed E-state index contributed by atoms with van der Waals surface area (Å²) in [7, 11) is 4.83. The highest BCUT2D eigenvalue weighted by molar-refractivity contribution is 5.94. The maximum absolute atomic E-state index is 12.5. The predicted octanol–water partition coefficient (Wildman–Crippen LogP) is 3.37. The predicted molar refractivity (Wildman–Crippen MR) is 105 cm³/mol. The molecule has 1 aromatic heterocycles. The molecule has 28 heavy (non-hydrogen) atoms. The van der Waals surface area contributed by atoms with Crippen molar-refractivity contribution in [2.24, 2.45) is 0 Å². The van der Waals surface area contributed by atoms with Gasteiger partial charge in [0, 0.05) is 24.0 Å². The summed E-state index contributed by atoms with van der Waals surface area (Å²) in [6.45, 7) is 0. The maximum atomic E-state index is 12.5. The molecule has 0 bridgehead atoms. The number of ether oxygens (including phenoxy) is 3. The van der Waals surface area contributed by atoms with Crippen LogP contribution in [0.5, 0.6) is 17.2 Å². The van der Waals surface area contributed by atoms with Crippen LogP contribution in [0.4, 0.5) is 5.82 Å². The van der Waals surface area contributed by atoms with E-state index >= 15 is 0 Å². The van der Waals surface area contributed by atoms with Gasteiger partial charge in [-0.3, -0.25) is 9.36 Å². The Balaban J connectivity index is 1.84. The quantitative estimate of drug-likeness (QED) is 0.736. The number of fused-ring (bicyclic) bond motifs is 1. The Morgan fingerprint density at radius 2 is 1.82 bits per heavy atom. The standard InChI is InChI=1S/C21H21N3O4/c1-26-13-8-9-16(18(10-13)28-3)24-12-22-20-15(11-19(25)23-21(20)24)14-6-4-5-7-17(14)27-2/h4-10,12,15H,11H2,1-3H3,(H,23,25)/t15-/m1/s1. The van der Waals surface area contributed by atoms with Crippen LogP contribution in [0.15, 0.2) is 48.8 Å². The minimum Gasteiger partial charge on any atom is -0.497 e. The maximum Gasteiger partial charge on any atom is 0.226 e. The Kier molecular flexibility index (Phi) is 4.65. The molecule has 0 aliphatic carbocycles. The third kappa shape index (κ3) is 2.94. The van der Waals surface area contributed by atoms with Crippen molar-refractivity contribution in [1.82, 2.24) is 9.55 Å². The van der Waals surface area contributed by atoms with Gasteiger partial charge in [0.2, 0.25) is 5.91 Å². The smallest absolute Gasteiger partial charge is 0.226 e. The number of anilines is 1. The highest BCUT2D eigenvalue weighted by Gasteiger charge is 2.33. The van der Waals surface area contributed by atoms with Crippen molar-refractivity contribution < 1.29 is 19.0 Å². The highest BCUT2D eigenvalue weighted by Crippen LogP contribution is 2.41. The van der Waals surface area contributed by atoms with Crippen molar-refractivity contribution >= 4 is 11.7 Å². The van der Waals surface area contributed by atoms with Crippen molar-refractivity contribution in [2.45, 2.75) is 12.3 Å². The van der Waals surface area contributed by atoms with E-state index in [0.717, 1.165) is 22.7 Å². The number of nitrogens with one attached hydrogen (secondary N) is 1. The molecule has 0 radical (unpaired) electrons. The van der Waals surface area contributed by atoms with Crippen LogP contribution in [0.1, 0.15) is 23.6 Å². The third-order valence-corrected chi connectivity index (χ3v) is 4.93. The average molecular weight is 379 g/mol. The van der Waals surface area contributed by atoms with Crippen LogP contribution in [0, 0.1) is 0 Å². The van der Waals surface area contributed by atoms with E-state index in [9.17, 15) is 4.79 Å². The van der Waals surface area contributed by atoms with Crippen LogP contribution >= 0.6 is 0 Å². The Morgan fingerprint density at radius 3 is 2.57 bits per heavy atom. The number of methoxy groups -OCH3 is 3. The molecule has 0 fully saturated rings. The van der Waals surface area contributed by atoms with Crippen molar-refractivity contribution in [2.75, 3.05) is 26.6 Å². The van der Waals surface area contributed by atoms with Crippen LogP contribution < -0.4 is 19.5 Å². The van der Waals surface area contributed by atoms with Gasteiger partial charge in [-0.2, -0.15) is 0 Å². The van der Waals surface area contributed by atoms with Crippen LogP contribution in [-0.2, 0) is 4.79 Å². The lowest BCUT2D eigenvalue weighted by molar-refractivity contribution is -0.116. The first kappa shape index (κ1) is 17.9. The lowest BCUT2D eigenvalue weighted by Gasteiger charge is -2.25. The van der Waals surface area contributed by atoms with E-state index in [1.165, 1.54) is 0 Å². The van der Waals surface area contributed by atoms with Gasteiger partial charge in [-0.1, -0.05) is 18.2 Å². The van der Waals surface area contributed by atoms with E-state index < -0.39 is 0 Å². The number of carbonyl (C=O) groups excluding carboxylic acids is 1. The Bertz CT molecular complexity index is 1030. The van der Waals surface area contributed by atoms with E-state index in [1.54, 1.807) is 33.7 Å². The molecule has 3 aromatic rings. The molecule has 4 rings (SSSR count). The molecule has 0 saturated carbocycles. The molecule has 2 heterocycles. The molecule has 1 aliphatic rings. The number of hydrogen-bond donors (Lipinski definition) is 1. The molecule has 0 saturated heterocycles. The Labute approximate surface area is 162 Å². The number of para-hydroxylation sites is 1. The lowest BCUT2D eigenvalue weighted by atomic mass is 9.89. The van der Waals surface area contributed by atoms with Gasteiger partial charge < -0.3 is 19.5 Å². The van der Waals surface area contributed by atoms with Gasteiger partial charge in [0.1, 0.15) is 29.4 Å². The molecule has 144 valence electrons. The fourth-order valence-corrected chi connectivity index (χ4v) is 3.58. The fraction of sp³-hybridized carbons (Fsp3) is 0.238. The number of aromatic nitrogens is 2. The summed E-state index contributed by atoms with van der Waals surface area (Å²) in [6.07, 6.45) is 2.01. The molecule has 2 aromatic carbocycles. The van der Waals surface area contributed by atoms with Gasteiger partial charge in [-0.05, 0) is 18.2 Å². The number of benzene rings is 2. The van der Waals surface area contributed by atoms with Crippen LogP contribution in [0.2, 0.25) is 0 Å². The Hall–Kier alpha value is -3.48. The fourth-order valence-electron chi connectivity index (χ4n) is 3.58. The molecule has 0 spiro atoms. The summed E-state index contributed by atoms with van der Waals surface area (Å²) in [5.41, 5.74) is 2.49. The first-order valence-corrected chi connectivity index (χ1v) is 8.88. The van der Waals surface area contributed by atoms with Gasteiger partial charge in [0.25, 0.3) is 0 Å². The zero-order valence-electron chi connectivity index (χ0n) is 15.9. The first-order chi connectivity index (χ1) is 13.7. The van der Waals surface area contributed by atoms with E-state index in [0.29, 0.717) is 23.7 Å². The zero-order valence-corrected chi connectivity index (χ0v) is 15.9. The molecular weight excluding hydrogens is 358 g/mol. The second kappa shape index (κ2) is 7.26. The van der Waals surface area contributed by atoms with Gasteiger partial charge >= 0.3 is 0 Å². The first-order valence-electron chi connectivity index (χ1n) is 8.88. The molecule has 1 N–H and O–H groups in total.